The van der Waals surface area contributed by atoms with Gasteiger partial charge in [0.2, 0.25) is 5.91 Å². The van der Waals surface area contributed by atoms with Gasteiger partial charge < -0.3 is 11.1 Å². The molecule has 0 spiro atoms. The number of carbonyl (C=O) groups excluding carboxylic acids is 1. The van der Waals surface area contributed by atoms with Gasteiger partial charge >= 0.3 is 0 Å². The third-order valence-electron chi connectivity index (χ3n) is 3.13. The highest BCUT2D eigenvalue weighted by molar-refractivity contribution is 5.91. The molecule has 3 N–H and O–H groups in total. The summed E-state index contributed by atoms with van der Waals surface area (Å²) in [6.45, 7) is 2.55. The number of nitrogens with two attached hydrogens (primary N) is 1. The Bertz CT molecular complexity index is 550. The first-order valence-corrected chi connectivity index (χ1v) is 6.56. The van der Waals surface area contributed by atoms with Crippen LogP contribution in [0.1, 0.15) is 19.8 Å². The molecule has 7 nitrogen and oxygen atoms in total. The van der Waals surface area contributed by atoms with Crippen molar-refractivity contribution in [1.82, 2.24) is 20.2 Å². The van der Waals surface area contributed by atoms with Crippen molar-refractivity contribution in [1.29, 1.82) is 0 Å². The van der Waals surface area contributed by atoms with E-state index in [1.165, 1.54) is 11.0 Å². The van der Waals surface area contributed by atoms with Crippen LogP contribution in [0.2, 0.25) is 0 Å². The Labute approximate surface area is 117 Å². The smallest absolute Gasteiger partial charge is 0.224 e. The minimum atomic E-state index is -0.0313. The summed E-state index contributed by atoms with van der Waals surface area (Å²) in [6.07, 6.45) is 2.83. The molecule has 1 heterocycles. The maximum Gasteiger partial charge on any atom is 0.224 e. The van der Waals surface area contributed by atoms with Crippen LogP contribution in [-0.4, -0.2) is 32.7 Å². The molecule has 0 aliphatic rings. The Morgan fingerprint density at radius 3 is 3.00 bits per heavy atom. The van der Waals surface area contributed by atoms with E-state index in [0.717, 1.165) is 17.8 Å². The Morgan fingerprint density at radius 2 is 2.35 bits per heavy atom. The topological polar surface area (TPSA) is 98.7 Å². The zero-order valence-corrected chi connectivity index (χ0v) is 11.4. The highest BCUT2D eigenvalue weighted by Gasteiger charge is 2.11. The quantitative estimate of drug-likeness (QED) is 0.818. The van der Waals surface area contributed by atoms with E-state index in [0.29, 0.717) is 13.0 Å². The van der Waals surface area contributed by atoms with Gasteiger partial charge in [-0.3, -0.25) is 4.79 Å². The average molecular weight is 274 g/mol. The van der Waals surface area contributed by atoms with Gasteiger partial charge in [-0.05, 0) is 41.1 Å². The standard InChI is InChI=1S/C13H18N6O/c1-2-10(8-14)6-13(20)16-11-4-3-5-12(7-11)19-9-15-17-18-19/h3-5,7,9-10H,2,6,8,14H2,1H3,(H,16,20). The fourth-order valence-corrected chi connectivity index (χ4v) is 1.87. The number of tetrazole rings is 1. The molecule has 0 saturated heterocycles. The summed E-state index contributed by atoms with van der Waals surface area (Å²) in [5.41, 5.74) is 7.12. The van der Waals surface area contributed by atoms with Crippen molar-refractivity contribution in [3.05, 3.63) is 30.6 Å². The first-order chi connectivity index (χ1) is 9.72. The van der Waals surface area contributed by atoms with Crippen LogP contribution in [0.5, 0.6) is 0 Å². The minimum absolute atomic E-state index is 0.0313. The van der Waals surface area contributed by atoms with Crippen molar-refractivity contribution in [2.24, 2.45) is 11.7 Å². The Balaban J connectivity index is 2.03. The number of anilines is 1. The fraction of sp³-hybridized carbons (Fsp3) is 0.385. The van der Waals surface area contributed by atoms with Crippen molar-refractivity contribution >= 4 is 11.6 Å². The van der Waals surface area contributed by atoms with Crippen LogP contribution in [0.15, 0.2) is 30.6 Å². The van der Waals surface area contributed by atoms with Gasteiger partial charge in [-0.2, -0.15) is 0 Å². The molecule has 1 aromatic heterocycles. The zero-order valence-electron chi connectivity index (χ0n) is 11.4. The lowest BCUT2D eigenvalue weighted by molar-refractivity contribution is -0.117. The van der Waals surface area contributed by atoms with Crippen LogP contribution < -0.4 is 11.1 Å². The van der Waals surface area contributed by atoms with Gasteiger partial charge in [0.1, 0.15) is 6.33 Å². The summed E-state index contributed by atoms with van der Waals surface area (Å²) >= 11 is 0. The minimum Gasteiger partial charge on any atom is -0.330 e. The summed E-state index contributed by atoms with van der Waals surface area (Å²) < 4.78 is 1.53. The van der Waals surface area contributed by atoms with Gasteiger partial charge in [0, 0.05) is 12.1 Å². The normalized spacial score (nSPS) is 12.1. The molecule has 1 atom stereocenters. The van der Waals surface area contributed by atoms with E-state index < -0.39 is 0 Å². The maximum absolute atomic E-state index is 11.9. The Hall–Kier alpha value is -2.28. The SMILES string of the molecule is CCC(CN)CC(=O)Nc1cccc(-n2cnnn2)c1. The van der Waals surface area contributed by atoms with Crippen LogP contribution in [-0.2, 0) is 4.79 Å². The van der Waals surface area contributed by atoms with Crippen molar-refractivity contribution < 1.29 is 4.79 Å². The van der Waals surface area contributed by atoms with E-state index >= 15 is 0 Å². The predicted molar refractivity (Wildman–Crippen MR) is 75.2 cm³/mol. The van der Waals surface area contributed by atoms with Gasteiger partial charge in [0.25, 0.3) is 0 Å². The molecule has 2 rings (SSSR count). The van der Waals surface area contributed by atoms with E-state index in [4.69, 9.17) is 5.73 Å². The Kier molecular flexibility index (Phi) is 4.78. The van der Waals surface area contributed by atoms with Gasteiger partial charge in [0.05, 0.1) is 5.69 Å². The van der Waals surface area contributed by atoms with E-state index in [1.54, 1.807) is 0 Å². The van der Waals surface area contributed by atoms with Crippen molar-refractivity contribution in [3.63, 3.8) is 0 Å². The Morgan fingerprint density at radius 1 is 1.50 bits per heavy atom. The number of carbonyl (C=O) groups is 1. The fourth-order valence-electron chi connectivity index (χ4n) is 1.87. The lowest BCUT2D eigenvalue weighted by Crippen LogP contribution is -2.21. The summed E-state index contributed by atoms with van der Waals surface area (Å²) in [5, 5.41) is 13.8. The van der Waals surface area contributed by atoms with Gasteiger partial charge in [-0.15, -0.1) is 5.10 Å². The van der Waals surface area contributed by atoms with E-state index in [1.807, 2.05) is 31.2 Å². The summed E-state index contributed by atoms with van der Waals surface area (Å²) in [5.74, 6) is 0.189. The van der Waals surface area contributed by atoms with Crippen molar-refractivity contribution in [2.45, 2.75) is 19.8 Å². The molecule has 2 aromatic rings. The van der Waals surface area contributed by atoms with Crippen molar-refractivity contribution in [3.8, 4) is 5.69 Å². The monoisotopic (exact) mass is 274 g/mol. The second-order valence-corrected chi connectivity index (χ2v) is 4.57. The molecule has 1 amide bonds. The number of rotatable bonds is 6. The van der Waals surface area contributed by atoms with Crippen LogP contribution in [0.4, 0.5) is 5.69 Å². The zero-order chi connectivity index (χ0) is 14.4. The second-order valence-electron chi connectivity index (χ2n) is 4.57. The number of nitrogens with zero attached hydrogens (tertiary/aromatic N) is 4. The molecule has 1 unspecified atom stereocenters. The van der Waals surface area contributed by atoms with Gasteiger partial charge in [-0.1, -0.05) is 19.4 Å². The lowest BCUT2D eigenvalue weighted by Gasteiger charge is -2.12. The highest BCUT2D eigenvalue weighted by atomic mass is 16.1. The number of hydrogen-bond donors (Lipinski definition) is 2. The maximum atomic E-state index is 11.9. The molecule has 0 radical (unpaired) electrons. The molecule has 7 heteroatoms. The third kappa shape index (κ3) is 3.61. The molecular formula is C13H18N6O. The van der Waals surface area contributed by atoms with Gasteiger partial charge in [-0.25, -0.2) is 4.68 Å². The van der Waals surface area contributed by atoms with Crippen molar-refractivity contribution in [2.75, 3.05) is 11.9 Å². The molecule has 0 aliphatic heterocycles. The lowest BCUT2D eigenvalue weighted by atomic mass is 10.0. The van der Waals surface area contributed by atoms with E-state index in [9.17, 15) is 4.79 Å². The molecular weight excluding hydrogens is 256 g/mol. The third-order valence-corrected chi connectivity index (χ3v) is 3.13. The average Bonchev–Trinajstić information content (AvgIpc) is 2.99. The number of amides is 1. The van der Waals surface area contributed by atoms with Gasteiger partial charge in [0.15, 0.2) is 0 Å². The van der Waals surface area contributed by atoms with Crippen LogP contribution in [0, 0.1) is 5.92 Å². The summed E-state index contributed by atoms with van der Waals surface area (Å²) in [6, 6.07) is 7.35. The second kappa shape index (κ2) is 6.76. The molecule has 1 aromatic carbocycles. The first-order valence-electron chi connectivity index (χ1n) is 6.56. The summed E-state index contributed by atoms with van der Waals surface area (Å²) in [4.78, 5) is 11.9. The summed E-state index contributed by atoms with van der Waals surface area (Å²) in [7, 11) is 0. The number of hydrogen-bond acceptors (Lipinski definition) is 5. The molecule has 106 valence electrons. The molecule has 0 saturated carbocycles. The number of benzene rings is 1. The van der Waals surface area contributed by atoms with Crippen LogP contribution in [0.25, 0.3) is 5.69 Å². The molecule has 0 aliphatic carbocycles. The number of aromatic nitrogens is 4. The highest BCUT2D eigenvalue weighted by Crippen LogP contribution is 2.15. The van der Waals surface area contributed by atoms with E-state index in [2.05, 4.69) is 20.8 Å². The largest absolute Gasteiger partial charge is 0.330 e. The molecule has 20 heavy (non-hydrogen) atoms. The van der Waals surface area contributed by atoms with Crippen LogP contribution in [0.3, 0.4) is 0 Å². The molecule has 0 fully saturated rings. The predicted octanol–water partition coefficient (Wildman–Crippen LogP) is 0.976. The van der Waals surface area contributed by atoms with E-state index in [-0.39, 0.29) is 11.8 Å². The number of nitrogens with one attached hydrogen (secondary N) is 1. The van der Waals surface area contributed by atoms with Crippen LogP contribution >= 0.6 is 0 Å². The first kappa shape index (κ1) is 14.1. The molecule has 0 bridgehead atoms.